The molecule has 0 radical (unpaired) electrons. The van der Waals surface area contributed by atoms with Gasteiger partial charge in [0.05, 0.1) is 25.4 Å². The number of nitrogens with zero attached hydrogens (tertiary/aromatic N) is 1. The summed E-state index contributed by atoms with van der Waals surface area (Å²) in [5.74, 6) is -0.668. The standard InChI is InChI=1S/C33H38N2O8Si/c1-32(2,3)44(26-15-9-5-10-16-26,27-17-11-6-12-18-27)42-24-33(22-36,23-37)43-29(35-20-19-28(38)34-31(35)40)21-41-30(39)25-13-7-4-8-14-25/h4-20,29,36-37H,21-24H2,1-3H3,(H,34,38,40)/t29-/m1/s1. The maximum absolute atomic E-state index is 12.8. The first-order valence-electron chi connectivity index (χ1n) is 14.2. The van der Waals surface area contributed by atoms with Gasteiger partial charge in [-0.1, -0.05) is 99.6 Å². The molecule has 1 heterocycles. The van der Waals surface area contributed by atoms with E-state index < -0.39 is 62.2 Å². The maximum Gasteiger partial charge on any atom is 0.338 e. The van der Waals surface area contributed by atoms with Gasteiger partial charge < -0.3 is 24.1 Å². The van der Waals surface area contributed by atoms with Crippen LogP contribution in [0, 0.1) is 0 Å². The smallest absolute Gasteiger partial charge is 0.338 e. The minimum absolute atomic E-state index is 0.269. The van der Waals surface area contributed by atoms with E-state index in [1.54, 1.807) is 30.3 Å². The van der Waals surface area contributed by atoms with E-state index in [1.165, 1.54) is 6.20 Å². The molecule has 4 aromatic rings. The number of aromatic amines is 1. The van der Waals surface area contributed by atoms with Crippen LogP contribution in [-0.4, -0.2) is 66.1 Å². The van der Waals surface area contributed by atoms with Crippen LogP contribution >= 0.6 is 0 Å². The Morgan fingerprint density at radius 1 is 0.841 bits per heavy atom. The maximum atomic E-state index is 12.8. The number of hydrogen-bond donors (Lipinski definition) is 3. The topological polar surface area (TPSA) is 140 Å². The number of aliphatic hydroxyl groups is 2. The van der Waals surface area contributed by atoms with E-state index in [0.717, 1.165) is 21.0 Å². The normalized spacial score (nSPS) is 12.9. The number of ether oxygens (including phenoxy) is 2. The van der Waals surface area contributed by atoms with Crippen molar-refractivity contribution in [3.63, 3.8) is 0 Å². The monoisotopic (exact) mass is 618 g/mol. The number of esters is 1. The molecule has 0 unspecified atom stereocenters. The lowest BCUT2D eigenvalue weighted by molar-refractivity contribution is -0.193. The number of nitrogens with one attached hydrogen (secondary N) is 1. The Bertz CT molecular complexity index is 1580. The molecule has 0 aliphatic carbocycles. The molecule has 1 atom stereocenters. The second-order valence-electron chi connectivity index (χ2n) is 11.5. The fourth-order valence-electron chi connectivity index (χ4n) is 5.17. The van der Waals surface area contributed by atoms with E-state index in [0.29, 0.717) is 0 Å². The Morgan fingerprint density at radius 2 is 1.36 bits per heavy atom. The second kappa shape index (κ2) is 14.1. The average Bonchev–Trinajstić information content (AvgIpc) is 3.03. The molecule has 1 aromatic heterocycles. The molecule has 0 amide bonds. The van der Waals surface area contributed by atoms with Crippen LogP contribution in [0.15, 0.2) is 113 Å². The van der Waals surface area contributed by atoms with Crippen molar-refractivity contribution >= 4 is 24.7 Å². The molecule has 3 aromatic carbocycles. The van der Waals surface area contributed by atoms with Crippen molar-refractivity contribution in [2.45, 2.75) is 37.6 Å². The van der Waals surface area contributed by atoms with Gasteiger partial charge in [-0.15, -0.1) is 0 Å². The molecule has 0 saturated heterocycles. The highest BCUT2D eigenvalue weighted by atomic mass is 28.4. The summed E-state index contributed by atoms with van der Waals surface area (Å²) in [6, 6.07) is 29.1. The number of benzene rings is 3. The number of rotatable bonds is 13. The van der Waals surface area contributed by atoms with Crippen molar-refractivity contribution in [3.8, 4) is 0 Å². The summed E-state index contributed by atoms with van der Waals surface area (Å²) >= 11 is 0. The summed E-state index contributed by atoms with van der Waals surface area (Å²) in [5.41, 5.74) is -2.91. The van der Waals surface area contributed by atoms with Gasteiger partial charge in [0.1, 0.15) is 12.2 Å². The third-order valence-corrected chi connectivity index (χ3v) is 12.4. The minimum atomic E-state index is -3.12. The Morgan fingerprint density at radius 3 is 1.84 bits per heavy atom. The fourth-order valence-corrected chi connectivity index (χ4v) is 9.80. The molecule has 4 rings (SSSR count). The number of aliphatic hydroxyl groups excluding tert-OH is 2. The van der Waals surface area contributed by atoms with Crippen LogP contribution in [0.25, 0.3) is 0 Å². The third-order valence-electron chi connectivity index (χ3n) is 7.46. The summed E-state index contributed by atoms with van der Waals surface area (Å²) in [7, 11) is -3.12. The van der Waals surface area contributed by atoms with Crippen molar-refractivity contribution < 1.29 is 28.9 Å². The Balaban J connectivity index is 1.72. The first kappa shape index (κ1) is 32.8. The summed E-state index contributed by atoms with van der Waals surface area (Å²) in [4.78, 5) is 39.5. The van der Waals surface area contributed by atoms with Gasteiger partial charge in [-0.25, -0.2) is 9.59 Å². The fraction of sp³-hybridized carbons (Fsp3) is 0.303. The van der Waals surface area contributed by atoms with Gasteiger partial charge in [0.2, 0.25) is 0 Å². The summed E-state index contributed by atoms with van der Waals surface area (Å²) in [6.45, 7) is 4.14. The van der Waals surface area contributed by atoms with Crippen LogP contribution in [0.4, 0.5) is 0 Å². The Kier molecular flexibility index (Phi) is 10.5. The lowest BCUT2D eigenvalue weighted by Crippen LogP contribution is -2.68. The first-order chi connectivity index (χ1) is 21.0. The number of carbonyl (C=O) groups is 1. The van der Waals surface area contributed by atoms with Gasteiger partial charge in [-0.3, -0.25) is 14.3 Å². The largest absolute Gasteiger partial charge is 0.457 e. The lowest BCUT2D eigenvalue weighted by Gasteiger charge is -2.45. The molecule has 0 saturated carbocycles. The molecular weight excluding hydrogens is 580 g/mol. The van der Waals surface area contributed by atoms with Crippen LogP contribution in [0.3, 0.4) is 0 Å². The molecule has 232 valence electrons. The number of hydrogen-bond acceptors (Lipinski definition) is 8. The van der Waals surface area contributed by atoms with Crippen LogP contribution in [-0.2, 0) is 13.9 Å². The minimum Gasteiger partial charge on any atom is -0.457 e. The van der Waals surface area contributed by atoms with Crippen LogP contribution in [0.5, 0.6) is 0 Å². The van der Waals surface area contributed by atoms with E-state index in [9.17, 15) is 24.6 Å². The first-order valence-corrected chi connectivity index (χ1v) is 16.1. The van der Waals surface area contributed by atoms with E-state index >= 15 is 0 Å². The van der Waals surface area contributed by atoms with Gasteiger partial charge in [-0.05, 0) is 27.5 Å². The zero-order valence-electron chi connectivity index (χ0n) is 25.0. The average molecular weight is 619 g/mol. The highest BCUT2D eigenvalue weighted by Crippen LogP contribution is 2.37. The van der Waals surface area contributed by atoms with Gasteiger partial charge in [0.15, 0.2) is 6.23 Å². The third kappa shape index (κ3) is 7.15. The van der Waals surface area contributed by atoms with Crippen LogP contribution < -0.4 is 21.6 Å². The summed E-state index contributed by atoms with van der Waals surface area (Å²) < 4.78 is 19.7. The number of carbonyl (C=O) groups excluding carboxylic acids is 1. The SMILES string of the molecule is CC(C)(C)[Si](OCC(CO)(CO)O[C@H](COC(=O)c1ccccc1)n1ccc(=O)[nH]c1=O)(c1ccccc1)c1ccccc1. The van der Waals surface area contributed by atoms with Gasteiger partial charge in [0.25, 0.3) is 13.9 Å². The highest BCUT2D eigenvalue weighted by molar-refractivity contribution is 6.99. The van der Waals surface area contributed by atoms with E-state index in [-0.39, 0.29) is 12.2 Å². The van der Waals surface area contributed by atoms with E-state index in [1.807, 2.05) is 60.7 Å². The Hall–Kier alpha value is -4.13. The molecule has 3 N–H and O–H groups in total. The quantitative estimate of drug-likeness (QED) is 0.153. The lowest BCUT2D eigenvalue weighted by atomic mass is 10.1. The predicted octanol–water partition coefficient (Wildman–Crippen LogP) is 2.21. The molecule has 0 spiro atoms. The number of H-pyrrole nitrogens is 1. The summed E-state index contributed by atoms with van der Waals surface area (Å²) in [6.07, 6.45) is -0.140. The van der Waals surface area contributed by atoms with Crippen LogP contribution in [0.2, 0.25) is 5.04 Å². The molecule has 0 bridgehead atoms. The molecule has 0 fully saturated rings. The molecule has 10 nitrogen and oxygen atoms in total. The van der Waals surface area contributed by atoms with Gasteiger partial charge in [-0.2, -0.15) is 0 Å². The zero-order chi connectivity index (χ0) is 31.8. The molecule has 44 heavy (non-hydrogen) atoms. The number of aromatic nitrogens is 2. The molecular formula is C33H38N2O8Si. The molecule has 11 heteroatoms. The van der Waals surface area contributed by atoms with Crippen molar-refractivity contribution in [2.24, 2.45) is 0 Å². The molecule has 0 aliphatic rings. The van der Waals surface area contributed by atoms with Crippen molar-refractivity contribution in [2.75, 3.05) is 26.4 Å². The summed E-state index contributed by atoms with van der Waals surface area (Å²) in [5, 5.41) is 22.9. The van der Waals surface area contributed by atoms with Gasteiger partial charge in [0, 0.05) is 12.3 Å². The van der Waals surface area contributed by atoms with Crippen molar-refractivity contribution in [1.82, 2.24) is 9.55 Å². The van der Waals surface area contributed by atoms with Crippen LogP contribution in [0.1, 0.15) is 37.4 Å². The predicted molar refractivity (Wildman–Crippen MR) is 169 cm³/mol. The van der Waals surface area contributed by atoms with Crippen molar-refractivity contribution in [3.05, 3.63) is 130 Å². The van der Waals surface area contributed by atoms with E-state index in [2.05, 4.69) is 25.8 Å². The zero-order valence-corrected chi connectivity index (χ0v) is 26.0. The molecule has 0 aliphatic heterocycles. The van der Waals surface area contributed by atoms with E-state index in [4.69, 9.17) is 13.9 Å². The highest BCUT2D eigenvalue weighted by Gasteiger charge is 2.52. The van der Waals surface area contributed by atoms with Crippen molar-refractivity contribution in [1.29, 1.82) is 0 Å². The Labute approximate surface area is 256 Å². The second-order valence-corrected chi connectivity index (χ2v) is 15.8. The van der Waals surface area contributed by atoms with Gasteiger partial charge >= 0.3 is 11.7 Å².